The van der Waals surface area contributed by atoms with Crippen molar-refractivity contribution in [3.63, 3.8) is 0 Å². The first kappa shape index (κ1) is 11.7. The summed E-state index contributed by atoms with van der Waals surface area (Å²) in [4.78, 5) is 1.27. The molecule has 0 aliphatic heterocycles. The molecule has 1 aromatic rings. The van der Waals surface area contributed by atoms with E-state index in [0.29, 0.717) is 5.25 Å². The zero-order valence-electron chi connectivity index (χ0n) is 8.80. The van der Waals surface area contributed by atoms with Gasteiger partial charge in [-0.05, 0) is 25.1 Å². The molecule has 0 fully saturated rings. The molecule has 0 unspecified atom stereocenters. The molecule has 0 aromatic heterocycles. The Balaban J connectivity index is 2.89. The highest BCUT2D eigenvalue weighted by molar-refractivity contribution is 8.00. The molecule has 1 rings (SSSR count). The fourth-order valence-electron chi connectivity index (χ4n) is 1.19. The number of benzene rings is 1. The van der Waals surface area contributed by atoms with E-state index in [0.717, 1.165) is 17.3 Å². The topological polar surface area (TPSA) is 12.0 Å². The largest absolute Gasteiger partial charge is 0.384 e. The van der Waals surface area contributed by atoms with Crippen LogP contribution in [0.3, 0.4) is 0 Å². The maximum absolute atomic E-state index is 5.94. The number of halogens is 1. The van der Waals surface area contributed by atoms with Crippen LogP contribution in [-0.2, 0) is 0 Å². The number of nitrogens with one attached hydrogen (secondary N) is 1. The van der Waals surface area contributed by atoms with E-state index in [1.54, 1.807) is 0 Å². The molecule has 14 heavy (non-hydrogen) atoms. The predicted molar refractivity (Wildman–Crippen MR) is 66.6 cm³/mol. The second-order valence-electron chi connectivity index (χ2n) is 3.34. The van der Waals surface area contributed by atoms with Gasteiger partial charge in [0.15, 0.2) is 0 Å². The molecule has 1 nitrogen and oxygen atoms in total. The zero-order chi connectivity index (χ0) is 10.6. The van der Waals surface area contributed by atoms with Crippen molar-refractivity contribution in [2.75, 3.05) is 11.9 Å². The lowest BCUT2D eigenvalue weighted by atomic mass is 10.3. The summed E-state index contributed by atoms with van der Waals surface area (Å²) < 4.78 is 0. The summed E-state index contributed by atoms with van der Waals surface area (Å²) in [7, 11) is 0. The van der Waals surface area contributed by atoms with Gasteiger partial charge >= 0.3 is 0 Å². The highest BCUT2D eigenvalue weighted by Crippen LogP contribution is 2.32. The third-order valence-corrected chi connectivity index (χ3v) is 2.99. The van der Waals surface area contributed by atoms with Gasteiger partial charge in [-0.3, -0.25) is 0 Å². The molecule has 0 saturated heterocycles. The Bertz CT molecular complexity index is 299. The van der Waals surface area contributed by atoms with Gasteiger partial charge in [0.2, 0.25) is 0 Å². The number of anilines is 1. The third-order valence-electron chi connectivity index (χ3n) is 1.67. The van der Waals surface area contributed by atoms with E-state index in [1.165, 1.54) is 4.90 Å². The van der Waals surface area contributed by atoms with Gasteiger partial charge in [-0.1, -0.05) is 25.4 Å². The van der Waals surface area contributed by atoms with Gasteiger partial charge in [0.1, 0.15) is 0 Å². The fourth-order valence-corrected chi connectivity index (χ4v) is 2.27. The number of hydrogen-bond acceptors (Lipinski definition) is 2. The summed E-state index contributed by atoms with van der Waals surface area (Å²) >= 11 is 7.79. The summed E-state index contributed by atoms with van der Waals surface area (Å²) in [6.45, 7) is 7.39. The van der Waals surface area contributed by atoms with Crippen molar-refractivity contribution in [2.45, 2.75) is 30.9 Å². The molecule has 0 aliphatic rings. The van der Waals surface area contributed by atoms with Crippen LogP contribution in [0.2, 0.25) is 5.02 Å². The Labute approximate surface area is 95.2 Å². The molecule has 0 heterocycles. The van der Waals surface area contributed by atoms with E-state index in [4.69, 9.17) is 11.6 Å². The molecule has 78 valence electrons. The standard InChI is InChI=1S/C11H16ClNS/c1-4-13-10-7-9(12)5-6-11(10)14-8(2)3/h5-8,13H,4H2,1-3H3. The van der Waals surface area contributed by atoms with E-state index in [9.17, 15) is 0 Å². The maximum Gasteiger partial charge on any atom is 0.0493 e. The van der Waals surface area contributed by atoms with E-state index in [2.05, 4.69) is 32.2 Å². The molecule has 0 aliphatic carbocycles. The first-order chi connectivity index (χ1) is 6.63. The highest BCUT2D eigenvalue weighted by Gasteiger charge is 2.05. The average Bonchev–Trinajstić information content (AvgIpc) is 2.09. The predicted octanol–water partition coefficient (Wildman–Crippen LogP) is 4.27. The summed E-state index contributed by atoms with van der Waals surface area (Å²) in [6, 6.07) is 5.99. The minimum atomic E-state index is 0.591. The molecule has 3 heteroatoms. The molecule has 1 N–H and O–H groups in total. The van der Waals surface area contributed by atoms with Gasteiger partial charge in [0, 0.05) is 27.4 Å². The molecule has 0 atom stereocenters. The quantitative estimate of drug-likeness (QED) is 0.774. The Morgan fingerprint density at radius 1 is 1.43 bits per heavy atom. The normalized spacial score (nSPS) is 10.6. The van der Waals surface area contributed by atoms with Crippen LogP contribution in [0.25, 0.3) is 0 Å². The SMILES string of the molecule is CCNc1cc(Cl)ccc1SC(C)C. The van der Waals surface area contributed by atoms with Gasteiger partial charge in [-0.2, -0.15) is 0 Å². The van der Waals surface area contributed by atoms with E-state index in [-0.39, 0.29) is 0 Å². The third kappa shape index (κ3) is 3.43. The number of thioether (sulfide) groups is 1. The minimum Gasteiger partial charge on any atom is -0.384 e. The fraction of sp³-hybridized carbons (Fsp3) is 0.455. The van der Waals surface area contributed by atoms with Gasteiger partial charge in [0.25, 0.3) is 0 Å². The second-order valence-corrected chi connectivity index (χ2v) is 5.39. The first-order valence-corrected chi connectivity index (χ1v) is 6.09. The molecular weight excluding hydrogens is 214 g/mol. The number of hydrogen-bond donors (Lipinski definition) is 1. The molecule has 0 spiro atoms. The van der Waals surface area contributed by atoms with Crippen LogP contribution >= 0.6 is 23.4 Å². The van der Waals surface area contributed by atoms with Crippen LogP contribution in [0.5, 0.6) is 0 Å². The van der Waals surface area contributed by atoms with Crippen LogP contribution < -0.4 is 5.32 Å². The molecular formula is C11H16ClNS. The van der Waals surface area contributed by atoms with Gasteiger partial charge < -0.3 is 5.32 Å². The Morgan fingerprint density at radius 2 is 2.14 bits per heavy atom. The molecule has 0 amide bonds. The minimum absolute atomic E-state index is 0.591. The van der Waals surface area contributed by atoms with Crippen LogP contribution in [0.15, 0.2) is 23.1 Å². The lowest BCUT2D eigenvalue weighted by Crippen LogP contribution is -1.99. The van der Waals surface area contributed by atoms with Crippen molar-refractivity contribution in [3.05, 3.63) is 23.2 Å². The van der Waals surface area contributed by atoms with Crippen molar-refractivity contribution in [1.29, 1.82) is 0 Å². The van der Waals surface area contributed by atoms with Crippen molar-refractivity contribution >= 4 is 29.1 Å². The molecule has 0 radical (unpaired) electrons. The second kappa shape index (κ2) is 5.52. The molecule has 0 saturated carbocycles. The summed E-state index contributed by atoms with van der Waals surface area (Å²) in [5.41, 5.74) is 1.14. The molecule has 0 bridgehead atoms. The van der Waals surface area contributed by atoms with Crippen LogP contribution in [0, 0.1) is 0 Å². The van der Waals surface area contributed by atoms with Crippen LogP contribution in [-0.4, -0.2) is 11.8 Å². The monoisotopic (exact) mass is 229 g/mol. The van der Waals surface area contributed by atoms with Crippen LogP contribution in [0.1, 0.15) is 20.8 Å². The lowest BCUT2D eigenvalue weighted by molar-refractivity contribution is 1.11. The Morgan fingerprint density at radius 3 is 2.71 bits per heavy atom. The van der Waals surface area contributed by atoms with E-state index in [1.807, 2.05) is 23.9 Å². The van der Waals surface area contributed by atoms with E-state index >= 15 is 0 Å². The van der Waals surface area contributed by atoms with Crippen molar-refractivity contribution < 1.29 is 0 Å². The van der Waals surface area contributed by atoms with Gasteiger partial charge in [0.05, 0.1) is 0 Å². The van der Waals surface area contributed by atoms with Gasteiger partial charge in [-0.25, -0.2) is 0 Å². The van der Waals surface area contributed by atoms with Crippen molar-refractivity contribution in [2.24, 2.45) is 0 Å². The van der Waals surface area contributed by atoms with Crippen molar-refractivity contribution in [1.82, 2.24) is 0 Å². The summed E-state index contributed by atoms with van der Waals surface area (Å²) in [5.74, 6) is 0. The zero-order valence-corrected chi connectivity index (χ0v) is 10.4. The van der Waals surface area contributed by atoms with E-state index < -0.39 is 0 Å². The van der Waals surface area contributed by atoms with Gasteiger partial charge in [-0.15, -0.1) is 11.8 Å². The smallest absolute Gasteiger partial charge is 0.0493 e. The Hall–Kier alpha value is -0.340. The van der Waals surface area contributed by atoms with Crippen LogP contribution in [0.4, 0.5) is 5.69 Å². The Kier molecular flexibility index (Phi) is 4.63. The number of rotatable bonds is 4. The maximum atomic E-state index is 5.94. The van der Waals surface area contributed by atoms with Crippen molar-refractivity contribution in [3.8, 4) is 0 Å². The first-order valence-electron chi connectivity index (χ1n) is 4.83. The highest BCUT2D eigenvalue weighted by atomic mass is 35.5. The lowest BCUT2D eigenvalue weighted by Gasteiger charge is -2.12. The summed E-state index contributed by atoms with van der Waals surface area (Å²) in [5, 5.41) is 4.69. The molecule has 1 aromatic carbocycles. The summed E-state index contributed by atoms with van der Waals surface area (Å²) in [6.07, 6.45) is 0. The average molecular weight is 230 g/mol.